The Morgan fingerprint density at radius 2 is 0.295 bits per heavy atom. The van der Waals surface area contributed by atoms with Crippen LogP contribution in [0.2, 0.25) is 0 Å². The molecule has 0 aliphatic carbocycles. The van der Waals surface area contributed by atoms with Crippen LogP contribution >= 0.6 is 0 Å². The molecule has 0 unspecified atom stereocenters. The molecule has 40 nitrogen and oxygen atoms in total. The second-order valence-electron chi connectivity index (χ2n) is 22.5. The zero-order valence-corrected chi connectivity index (χ0v) is 46.1. The first-order chi connectivity index (χ1) is 41.9. The third-order valence-corrected chi connectivity index (χ3v) is 17.0. The summed E-state index contributed by atoms with van der Waals surface area (Å²) in [6.45, 7) is -8.46. The van der Waals surface area contributed by atoms with E-state index in [1.807, 2.05) is 0 Å². The lowest BCUT2D eigenvalue weighted by Crippen LogP contribution is -2.69. The maximum atomic E-state index is 11.4. The van der Waals surface area contributed by atoms with Gasteiger partial charge in [-0.3, -0.25) is 0 Å². The molecule has 30 fully saturated rings. The van der Waals surface area contributed by atoms with Crippen molar-refractivity contribution in [3.05, 3.63) is 0 Å². The van der Waals surface area contributed by atoms with E-state index < -0.39 is 298 Å². The van der Waals surface area contributed by atoms with Gasteiger partial charge in [0, 0.05) is 0 Å². The molecular weight excluding hydrogens is 1210 g/mol. The van der Waals surface area contributed by atoms with Crippen LogP contribution in [0.4, 0.5) is 0 Å². The van der Waals surface area contributed by atoms with Gasteiger partial charge in [-0.2, -0.15) is 0 Å². The molecule has 0 saturated carbocycles. The molecule has 0 aromatic heterocycles. The van der Waals surface area contributed by atoms with E-state index in [-0.39, 0.29) is 0 Å². The first kappa shape index (κ1) is 70.7. The van der Waals surface area contributed by atoms with E-state index in [1.165, 1.54) is 0 Å². The predicted molar refractivity (Wildman–Crippen MR) is 263 cm³/mol. The van der Waals surface area contributed by atoms with Gasteiger partial charge >= 0.3 is 0 Å². The first-order valence-electron chi connectivity index (χ1n) is 28.2. The normalized spacial score (nSPS) is 55.4. The van der Waals surface area contributed by atoms with Crippen LogP contribution < -0.4 is 5.73 Å². The standard InChI is InChI=1S/C48H81NO39/c49-17-18(58)41-73-9(1-50)33(17)81-42-26(66)19(59)35(11(3-52)74-42)83-44-28(68)21(61)37(13(5-54)76-44)85-46-30(70)23(63)39(15(7-56)78-46)87-48-32(72)25(65)40(16(8-57)80-48)88-47-31(71)24(64)38(14(6-55)79-47)86-45-29(69)22(62)36(12(4-53)77-45)84-43-27(67)20(60)34(82-41)10(2-51)75-43/h9-48,50-72H,1-8,49H2/t9-,10-,11-,12-,13-,14-,15-,16-,17+,18+,19+,20-,21-,22-,23+,24-,25-,26+,27-,28+,29-,30+,31-,32-,33-,34-,35-,36-,37-,38-,39-,40-,41-,42-,43-,44-,45-,46-,47-,48-/m1/s1. The van der Waals surface area contributed by atoms with E-state index in [1.54, 1.807) is 0 Å². The molecule has 0 spiro atoms. The lowest BCUT2D eigenvalue weighted by atomic mass is 9.94. The number of ether oxygens (including phenoxy) is 16. The molecule has 30 heterocycles. The quantitative estimate of drug-likeness (QED) is 0.107. The van der Waals surface area contributed by atoms with Gasteiger partial charge in [0.25, 0.3) is 0 Å². The van der Waals surface area contributed by atoms with Crippen LogP contribution in [0, 0.1) is 0 Å². The lowest BCUT2D eigenvalue weighted by Gasteiger charge is -2.50. The van der Waals surface area contributed by atoms with E-state index in [2.05, 4.69) is 0 Å². The summed E-state index contributed by atoms with van der Waals surface area (Å²) in [6, 6.07) is -1.71. The number of hydrogen-bond donors (Lipinski definition) is 24. The fraction of sp³-hybridized carbons (Fsp3) is 1.00. The van der Waals surface area contributed by atoms with Crippen molar-refractivity contribution in [1.29, 1.82) is 0 Å². The van der Waals surface area contributed by atoms with Crippen molar-refractivity contribution in [3.63, 3.8) is 0 Å². The molecule has 30 aliphatic heterocycles. The third-order valence-electron chi connectivity index (χ3n) is 17.0. The molecule has 0 aromatic rings. The minimum absolute atomic E-state index is 1.00. The highest BCUT2D eigenvalue weighted by molar-refractivity contribution is 5.03. The van der Waals surface area contributed by atoms with Crippen LogP contribution in [-0.4, -0.2) is 416 Å². The molecule has 0 aromatic carbocycles. The van der Waals surface area contributed by atoms with Crippen molar-refractivity contribution < 1.29 is 193 Å². The molecule has 25 N–H and O–H groups in total. The van der Waals surface area contributed by atoms with Gasteiger partial charge in [-0.25, -0.2) is 0 Å². The first-order valence-corrected chi connectivity index (χ1v) is 28.2. The van der Waals surface area contributed by atoms with E-state index in [0.29, 0.717) is 0 Å². The summed E-state index contributed by atoms with van der Waals surface area (Å²) in [5, 5.41) is 254. The topological polar surface area (TPSA) is 639 Å². The van der Waals surface area contributed by atoms with Gasteiger partial charge in [0.1, 0.15) is 189 Å². The molecule has 16 bridgehead atoms. The SMILES string of the molecule is N[C@H]1[C@H](O)[C@H]2O[C@H]3[C@H](O)[C@@H](O)[C@@H](O[C@H]4[C@H](O)[C@@H](O)[C@@H](O[C@H]5[C@H](O)[C@@H](O)[C@@H](O[C@H]6[C@H](O)[C@@H](O)[C@@H](O[C@H]7[C@@H](O)[C@H](O)[C@@H](O[C@H]8[C@H](O)[C@H](O)[C@@H](O[C@H]9[C@@H](O)[C@H](O)[C@@H](O[C@@H]1[C@@H](CO)O2)O[C@@H]9CO)O[C@@H]8CO)O[C@@H]7CO)O[C@@H]6CO)O[C@@H]5CO)O[C@@H]4CO)O[C@@H]3CO. The Morgan fingerprint density at radius 1 is 0.170 bits per heavy atom. The Balaban J connectivity index is 0.975. The van der Waals surface area contributed by atoms with Gasteiger partial charge in [0.2, 0.25) is 0 Å². The van der Waals surface area contributed by atoms with Crippen molar-refractivity contribution >= 4 is 0 Å². The van der Waals surface area contributed by atoms with Gasteiger partial charge in [-0.1, -0.05) is 0 Å². The Bertz CT molecular complexity index is 1710. The second kappa shape index (κ2) is 30.0. The average molecular weight is 1300 g/mol. The Morgan fingerprint density at radius 3 is 0.443 bits per heavy atom. The van der Waals surface area contributed by atoms with Gasteiger partial charge in [-0.05, 0) is 0 Å². The van der Waals surface area contributed by atoms with Gasteiger partial charge in [-0.15, -0.1) is 0 Å². The molecule has 40 heteroatoms. The third kappa shape index (κ3) is 13.8. The summed E-state index contributed by atoms with van der Waals surface area (Å²) in [5.74, 6) is 0. The van der Waals surface area contributed by atoms with Crippen LogP contribution in [0.1, 0.15) is 0 Å². The number of nitrogens with two attached hydrogens (primary N) is 1. The summed E-state index contributed by atoms with van der Waals surface area (Å²) in [4.78, 5) is 0. The van der Waals surface area contributed by atoms with E-state index in [4.69, 9.17) is 81.5 Å². The van der Waals surface area contributed by atoms with Crippen molar-refractivity contribution in [3.8, 4) is 0 Å². The van der Waals surface area contributed by atoms with E-state index in [9.17, 15) is 117 Å². The van der Waals surface area contributed by atoms with Crippen LogP contribution in [0.25, 0.3) is 0 Å². The van der Waals surface area contributed by atoms with E-state index in [0.717, 1.165) is 0 Å². The highest BCUT2D eigenvalue weighted by Crippen LogP contribution is 2.39. The summed E-state index contributed by atoms with van der Waals surface area (Å²) >= 11 is 0. The zero-order valence-electron chi connectivity index (χ0n) is 46.1. The smallest absolute Gasteiger partial charge is 0.187 e. The summed E-state index contributed by atoms with van der Waals surface area (Å²) in [5.41, 5.74) is 6.37. The van der Waals surface area contributed by atoms with Crippen molar-refractivity contribution in [2.75, 3.05) is 52.9 Å². The molecule has 88 heavy (non-hydrogen) atoms. The molecule has 30 saturated heterocycles. The van der Waals surface area contributed by atoms with Crippen LogP contribution in [0.15, 0.2) is 0 Å². The molecule has 40 atom stereocenters. The molecule has 0 amide bonds. The zero-order chi connectivity index (χ0) is 64.1. The predicted octanol–water partition coefficient (Wildman–Crippen LogP) is -17.4. The highest BCUT2D eigenvalue weighted by Gasteiger charge is 2.60. The Hall–Kier alpha value is -1.60. The molecule has 30 rings (SSSR count). The van der Waals surface area contributed by atoms with Crippen LogP contribution in [0.5, 0.6) is 0 Å². The number of aliphatic hydroxyl groups excluding tert-OH is 23. The molecular formula is C48H81NO39. The van der Waals surface area contributed by atoms with Crippen molar-refractivity contribution in [1.82, 2.24) is 0 Å². The second-order valence-corrected chi connectivity index (χ2v) is 22.5. The Labute approximate surface area is 496 Å². The largest absolute Gasteiger partial charge is 0.394 e. The maximum Gasteiger partial charge on any atom is 0.187 e. The van der Waals surface area contributed by atoms with Gasteiger partial charge in [0.05, 0.1) is 58.9 Å². The minimum Gasteiger partial charge on any atom is -0.394 e. The van der Waals surface area contributed by atoms with Crippen molar-refractivity contribution in [2.24, 2.45) is 5.73 Å². The maximum absolute atomic E-state index is 11.4. The highest BCUT2D eigenvalue weighted by atomic mass is 16.8. The van der Waals surface area contributed by atoms with E-state index >= 15 is 0 Å². The fourth-order valence-electron chi connectivity index (χ4n) is 12.0. The number of rotatable bonds is 8. The monoisotopic (exact) mass is 1300 g/mol. The number of aliphatic hydroxyl groups is 23. The van der Waals surface area contributed by atoms with Crippen LogP contribution in [0.3, 0.4) is 0 Å². The Kier molecular flexibility index (Phi) is 24.1. The molecule has 30 aliphatic rings. The van der Waals surface area contributed by atoms with Gasteiger partial charge in [0.15, 0.2) is 50.3 Å². The average Bonchev–Trinajstić information content (AvgIpc) is 1.09. The lowest BCUT2D eigenvalue weighted by molar-refractivity contribution is -0.402. The molecule has 0 radical (unpaired) electrons. The number of hydrogen-bond acceptors (Lipinski definition) is 40. The summed E-state index contributed by atoms with van der Waals surface area (Å²) in [7, 11) is 0. The van der Waals surface area contributed by atoms with Crippen LogP contribution in [-0.2, 0) is 75.8 Å². The minimum atomic E-state index is -2.24. The molecule has 512 valence electrons. The van der Waals surface area contributed by atoms with Gasteiger partial charge < -0.3 is 199 Å². The van der Waals surface area contributed by atoms with Crippen molar-refractivity contribution in [2.45, 2.75) is 246 Å². The summed E-state index contributed by atoms with van der Waals surface area (Å²) in [6.07, 6.45) is -78.4. The fourth-order valence-corrected chi connectivity index (χ4v) is 12.0. The summed E-state index contributed by atoms with van der Waals surface area (Å²) < 4.78 is 91.6.